The molecule has 2 rings (SSSR count). The molecule has 1 N–H and O–H groups in total. The molecule has 0 bridgehead atoms. The van der Waals surface area contributed by atoms with Crippen molar-refractivity contribution in [3.05, 3.63) is 48.3 Å². The molecule has 0 unspecified atom stereocenters. The van der Waals surface area contributed by atoms with E-state index in [2.05, 4.69) is 14.7 Å². The molecular formula is C14H17N3O2S. The van der Waals surface area contributed by atoms with E-state index in [-0.39, 0.29) is 12.3 Å². The zero-order valence-electron chi connectivity index (χ0n) is 11.3. The van der Waals surface area contributed by atoms with Gasteiger partial charge < -0.3 is 0 Å². The van der Waals surface area contributed by atoms with Gasteiger partial charge in [0.15, 0.2) is 0 Å². The highest BCUT2D eigenvalue weighted by Crippen LogP contribution is 2.13. The molecule has 0 aliphatic carbocycles. The fourth-order valence-corrected chi connectivity index (χ4v) is 2.80. The van der Waals surface area contributed by atoms with Gasteiger partial charge in [-0.05, 0) is 30.2 Å². The molecule has 2 heterocycles. The molecule has 0 atom stereocenters. The molecule has 5 nitrogen and oxygen atoms in total. The maximum Gasteiger partial charge on any atom is 0.211 e. The standard InChI is InChI=1S/C14H17N3O2S/c1-2-9-20(18,19)17-11-12-6-7-14(16-10-12)13-5-3-4-8-15-13/h3-8,10,17H,2,9,11H2,1H3. The van der Waals surface area contributed by atoms with E-state index < -0.39 is 10.0 Å². The summed E-state index contributed by atoms with van der Waals surface area (Å²) in [5.41, 5.74) is 2.39. The molecule has 2 aromatic heterocycles. The Balaban J connectivity index is 2.02. The lowest BCUT2D eigenvalue weighted by Gasteiger charge is -2.06. The predicted octanol–water partition coefficient (Wildman–Crippen LogP) is 1.97. The third-order valence-corrected chi connectivity index (χ3v) is 4.25. The van der Waals surface area contributed by atoms with Crippen molar-refractivity contribution in [1.82, 2.24) is 14.7 Å². The summed E-state index contributed by atoms with van der Waals surface area (Å²) in [6.07, 6.45) is 3.98. The van der Waals surface area contributed by atoms with Crippen LogP contribution in [0.15, 0.2) is 42.7 Å². The number of sulfonamides is 1. The van der Waals surface area contributed by atoms with E-state index in [4.69, 9.17) is 0 Å². The number of hydrogen-bond acceptors (Lipinski definition) is 4. The Bertz CT molecular complexity index is 640. The summed E-state index contributed by atoms with van der Waals surface area (Å²) in [7, 11) is -3.18. The van der Waals surface area contributed by atoms with E-state index in [9.17, 15) is 8.42 Å². The molecule has 6 heteroatoms. The largest absolute Gasteiger partial charge is 0.255 e. The number of nitrogens with zero attached hydrogens (tertiary/aromatic N) is 2. The second kappa shape index (κ2) is 6.58. The molecule has 0 saturated carbocycles. The van der Waals surface area contributed by atoms with E-state index in [1.165, 1.54) is 0 Å². The van der Waals surface area contributed by atoms with Crippen LogP contribution in [0.4, 0.5) is 0 Å². The van der Waals surface area contributed by atoms with Crippen LogP contribution in [0, 0.1) is 0 Å². The molecule has 0 aliphatic rings. The van der Waals surface area contributed by atoms with Crippen molar-refractivity contribution < 1.29 is 8.42 Å². The Labute approximate surface area is 119 Å². The summed E-state index contributed by atoms with van der Waals surface area (Å²) >= 11 is 0. The maximum absolute atomic E-state index is 11.6. The van der Waals surface area contributed by atoms with E-state index in [0.29, 0.717) is 6.42 Å². The summed E-state index contributed by atoms with van der Waals surface area (Å²) in [6.45, 7) is 2.10. The zero-order valence-corrected chi connectivity index (χ0v) is 12.1. The minimum absolute atomic E-state index is 0.145. The summed E-state index contributed by atoms with van der Waals surface area (Å²) in [5.74, 6) is 0.145. The molecule has 106 valence electrons. The minimum Gasteiger partial charge on any atom is -0.255 e. The smallest absolute Gasteiger partial charge is 0.211 e. The summed E-state index contributed by atoms with van der Waals surface area (Å²) in [4.78, 5) is 8.51. The first-order valence-corrected chi connectivity index (χ1v) is 8.09. The average Bonchev–Trinajstić information content (AvgIpc) is 2.47. The SMILES string of the molecule is CCCS(=O)(=O)NCc1ccc(-c2ccccn2)nc1. The van der Waals surface area contributed by atoms with Crippen LogP contribution >= 0.6 is 0 Å². The first-order valence-electron chi connectivity index (χ1n) is 6.44. The van der Waals surface area contributed by atoms with Gasteiger partial charge in [-0.2, -0.15) is 0 Å². The second-order valence-electron chi connectivity index (χ2n) is 4.41. The minimum atomic E-state index is -3.18. The van der Waals surface area contributed by atoms with Gasteiger partial charge in [-0.3, -0.25) is 9.97 Å². The lowest BCUT2D eigenvalue weighted by atomic mass is 10.2. The van der Waals surface area contributed by atoms with Crippen LogP contribution in [0.2, 0.25) is 0 Å². The van der Waals surface area contributed by atoms with Gasteiger partial charge in [-0.25, -0.2) is 13.1 Å². The first-order chi connectivity index (χ1) is 9.61. The number of nitrogens with one attached hydrogen (secondary N) is 1. The monoisotopic (exact) mass is 291 g/mol. The van der Waals surface area contributed by atoms with Gasteiger partial charge in [-0.15, -0.1) is 0 Å². The van der Waals surface area contributed by atoms with Crippen LogP contribution < -0.4 is 4.72 Å². The second-order valence-corrected chi connectivity index (χ2v) is 6.33. The Morgan fingerprint density at radius 3 is 2.50 bits per heavy atom. The molecule has 0 spiro atoms. The average molecular weight is 291 g/mol. The van der Waals surface area contributed by atoms with Gasteiger partial charge in [-0.1, -0.05) is 19.1 Å². The van der Waals surface area contributed by atoms with Crippen LogP contribution in [0.3, 0.4) is 0 Å². The molecule has 0 amide bonds. The molecule has 0 fully saturated rings. The lowest BCUT2D eigenvalue weighted by molar-refractivity contribution is 0.580. The molecule has 0 aromatic carbocycles. The van der Waals surface area contributed by atoms with Crippen LogP contribution in [0.1, 0.15) is 18.9 Å². The van der Waals surface area contributed by atoms with Gasteiger partial charge >= 0.3 is 0 Å². The fraction of sp³-hybridized carbons (Fsp3) is 0.286. The Morgan fingerprint density at radius 1 is 1.10 bits per heavy atom. The van der Waals surface area contributed by atoms with Crippen molar-refractivity contribution in [1.29, 1.82) is 0 Å². The number of aromatic nitrogens is 2. The normalized spacial score (nSPS) is 11.4. The Hall–Kier alpha value is -1.79. The molecular weight excluding hydrogens is 274 g/mol. The lowest BCUT2D eigenvalue weighted by Crippen LogP contribution is -2.25. The van der Waals surface area contributed by atoms with Crippen molar-refractivity contribution in [3.8, 4) is 11.4 Å². The van der Waals surface area contributed by atoms with Gasteiger partial charge in [0, 0.05) is 18.9 Å². The highest BCUT2D eigenvalue weighted by molar-refractivity contribution is 7.89. The zero-order chi connectivity index (χ0) is 14.4. The van der Waals surface area contributed by atoms with Crippen LogP contribution in [0.25, 0.3) is 11.4 Å². The van der Waals surface area contributed by atoms with Gasteiger partial charge in [0.2, 0.25) is 10.0 Å². The van der Waals surface area contributed by atoms with Crippen molar-refractivity contribution in [2.45, 2.75) is 19.9 Å². The molecule has 20 heavy (non-hydrogen) atoms. The summed E-state index contributed by atoms with van der Waals surface area (Å²) in [5, 5.41) is 0. The Morgan fingerprint density at radius 2 is 1.90 bits per heavy atom. The van der Waals surface area contributed by atoms with Gasteiger partial charge in [0.25, 0.3) is 0 Å². The number of pyridine rings is 2. The quantitative estimate of drug-likeness (QED) is 0.883. The van der Waals surface area contributed by atoms with Crippen molar-refractivity contribution in [2.24, 2.45) is 0 Å². The highest BCUT2D eigenvalue weighted by atomic mass is 32.2. The first kappa shape index (κ1) is 14.6. The number of rotatable bonds is 6. The Kier molecular flexibility index (Phi) is 4.81. The summed E-state index contributed by atoms with van der Waals surface area (Å²) in [6, 6.07) is 9.32. The van der Waals surface area contributed by atoms with E-state index in [1.54, 1.807) is 12.4 Å². The molecule has 0 aliphatic heterocycles. The maximum atomic E-state index is 11.6. The van der Waals surface area contributed by atoms with Crippen LogP contribution in [-0.2, 0) is 16.6 Å². The topological polar surface area (TPSA) is 72.0 Å². The van der Waals surface area contributed by atoms with Gasteiger partial charge in [0.1, 0.15) is 0 Å². The third kappa shape index (κ3) is 4.11. The van der Waals surface area contributed by atoms with Crippen molar-refractivity contribution in [2.75, 3.05) is 5.75 Å². The molecule has 0 saturated heterocycles. The summed E-state index contributed by atoms with van der Waals surface area (Å²) < 4.78 is 25.7. The fourth-order valence-electron chi connectivity index (χ4n) is 1.73. The van der Waals surface area contributed by atoms with Crippen LogP contribution in [0.5, 0.6) is 0 Å². The van der Waals surface area contributed by atoms with Crippen molar-refractivity contribution in [3.63, 3.8) is 0 Å². The van der Waals surface area contributed by atoms with E-state index in [0.717, 1.165) is 17.0 Å². The number of hydrogen-bond donors (Lipinski definition) is 1. The third-order valence-electron chi connectivity index (χ3n) is 2.72. The molecule has 0 radical (unpaired) electrons. The van der Waals surface area contributed by atoms with Gasteiger partial charge in [0.05, 0.1) is 17.1 Å². The van der Waals surface area contributed by atoms with E-state index >= 15 is 0 Å². The van der Waals surface area contributed by atoms with Crippen LogP contribution in [-0.4, -0.2) is 24.1 Å². The highest BCUT2D eigenvalue weighted by Gasteiger charge is 2.08. The predicted molar refractivity (Wildman–Crippen MR) is 78.4 cm³/mol. The molecule has 2 aromatic rings. The van der Waals surface area contributed by atoms with E-state index in [1.807, 2.05) is 37.3 Å². The van der Waals surface area contributed by atoms with Crippen molar-refractivity contribution >= 4 is 10.0 Å².